The number of aryl methyl sites for hydroxylation is 1. The molecule has 3 rings (SSSR count). The van der Waals surface area contributed by atoms with Crippen LogP contribution in [-0.2, 0) is 7.05 Å². The minimum Gasteiger partial charge on any atom is -0.334 e. The zero-order chi connectivity index (χ0) is 11.8. The van der Waals surface area contributed by atoms with Gasteiger partial charge in [-0.15, -0.1) is 5.10 Å². The van der Waals surface area contributed by atoms with Crippen LogP contribution in [0.3, 0.4) is 0 Å². The first-order valence-electron chi connectivity index (χ1n) is 4.88. The molecule has 3 heterocycles. The summed E-state index contributed by atoms with van der Waals surface area (Å²) >= 11 is 0. The van der Waals surface area contributed by atoms with Crippen molar-refractivity contribution in [1.82, 2.24) is 29.3 Å². The summed E-state index contributed by atoms with van der Waals surface area (Å²) < 4.78 is 3.34. The number of hydrogen-bond acceptors (Lipinski definition) is 5. The van der Waals surface area contributed by atoms with Crippen LogP contribution in [0, 0.1) is 11.3 Å². The van der Waals surface area contributed by atoms with Gasteiger partial charge in [-0.3, -0.25) is 0 Å². The zero-order valence-electron chi connectivity index (χ0n) is 8.94. The molecule has 0 aliphatic carbocycles. The largest absolute Gasteiger partial charge is 0.334 e. The Labute approximate surface area is 96.0 Å². The van der Waals surface area contributed by atoms with Crippen molar-refractivity contribution in [2.24, 2.45) is 7.05 Å². The third kappa shape index (κ3) is 1.35. The molecule has 82 valence electrons. The Morgan fingerprint density at radius 1 is 1.24 bits per heavy atom. The lowest BCUT2D eigenvalue weighted by Crippen LogP contribution is -1.99. The summed E-state index contributed by atoms with van der Waals surface area (Å²) in [5.41, 5.74) is 1.67. The van der Waals surface area contributed by atoms with E-state index in [0.29, 0.717) is 5.82 Å². The normalized spacial score (nSPS) is 10.6. The van der Waals surface area contributed by atoms with E-state index in [1.54, 1.807) is 12.5 Å². The molecule has 0 aliphatic rings. The number of imidazole rings is 1. The first-order chi connectivity index (χ1) is 8.29. The monoisotopic (exact) mass is 225 g/mol. The van der Waals surface area contributed by atoms with Crippen molar-refractivity contribution in [3.05, 3.63) is 30.7 Å². The van der Waals surface area contributed by atoms with Gasteiger partial charge in [-0.25, -0.2) is 15.0 Å². The van der Waals surface area contributed by atoms with Gasteiger partial charge in [-0.2, -0.15) is 9.94 Å². The molecule has 0 fully saturated rings. The molecule has 0 bridgehead atoms. The molecule has 0 atom stereocenters. The number of pyridine rings is 1. The molecule has 7 heteroatoms. The van der Waals surface area contributed by atoms with E-state index in [-0.39, 0.29) is 5.82 Å². The molecule has 17 heavy (non-hydrogen) atoms. The van der Waals surface area contributed by atoms with Gasteiger partial charge in [0.25, 0.3) is 5.82 Å². The second-order valence-electron chi connectivity index (χ2n) is 3.48. The van der Waals surface area contributed by atoms with E-state index in [9.17, 15) is 0 Å². The molecule has 7 nitrogen and oxygen atoms in total. The molecule has 0 aliphatic heterocycles. The molecule has 0 spiro atoms. The highest BCUT2D eigenvalue weighted by Crippen LogP contribution is 2.16. The van der Waals surface area contributed by atoms with Crippen LogP contribution in [0.5, 0.6) is 0 Å². The minimum atomic E-state index is 0.111. The molecule has 0 unspecified atom stereocenters. The Morgan fingerprint density at radius 2 is 2.12 bits per heavy atom. The summed E-state index contributed by atoms with van der Waals surface area (Å²) in [5.74, 6) is 0.678. The highest BCUT2D eigenvalue weighted by molar-refractivity contribution is 5.81. The number of rotatable bonds is 1. The summed E-state index contributed by atoms with van der Waals surface area (Å²) in [6.45, 7) is 0. The predicted octanol–water partition coefficient (Wildman–Crippen LogP) is 0.421. The first kappa shape index (κ1) is 9.47. The van der Waals surface area contributed by atoms with Gasteiger partial charge in [0, 0.05) is 13.2 Å². The van der Waals surface area contributed by atoms with Gasteiger partial charge >= 0.3 is 0 Å². The Kier molecular flexibility index (Phi) is 1.88. The molecule has 3 aromatic rings. The Morgan fingerprint density at radius 3 is 2.88 bits per heavy atom. The van der Waals surface area contributed by atoms with Crippen LogP contribution >= 0.6 is 0 Å². The lowest BCUT2D eigenvalue weighted by Gasteiger charge is -2.00. The maximum atomic E-state index is 8.69. The van der Waals surface area contributed by atoms with Crippen molar-refractivity contribution in [3.8, 4) is 11.9 Å². The fraction of sp³-hybridized carbons (Fsp3) is 0.100. The zero-order valence-corrected chi connectivity index (χ0v) is 8.94. The fourth-order valence-corrected chi connectivity index (χ4v) is 1.63. The van der Waals surface area contributed by atoms with Gasteiger partial charge in [0.1, 0.15) is 17.9 Å². The van der Waals surface area contributed by atoms with Crippen molar-refractivity contribution in [2.75, 3.05) is 0 Å². The number of nitrogens with zero attached hydrogens (tertiary/aromatic N) is 7. The van der Waals surface area contributed by atoms with Gasteiger partial charge < -0.3 is 4.57 Å². The van der Waals surface area contributed by atoms with Crippen LogP contribution in [0.1, 0.15) is 5.82 Å². The standard InChI is InChI=1S/C10H7N7/c1-16-5-14-9-7(16)2-3-12-10(9)17-6-13-8(4-11)15-17/h2-3,5-6H,1H3. The van der Waals surface area contributed by atoms with Crippen LogP contribution in [0.4, 0.5) is 0 Å². The van der Waals surface area contributed by atoms with E-state index < -0.39 is 0 Å². The molecular weight excluding hydrogens is 218 g/mol. The molecule has 0 radical (unpaired) electrons. The van der Waals surface area contributed by atoms with Gasteiger partial charge in [-0.05, 0) is 6.07 Å². The van der Waals surface area contributed by atoms with Crippen molar-refractivity contribution in [1.29, 1.82) is 5.26 Å². The number of fused-ring (bicyclic) bond motifs is 1. The highest BCUT2D eigenvalue weighted by Gasteiger charge is 2.10. The van der Waals surface area contributed by atoms with Crippen molar-refractivity contribution < 1.29 is 0 Å². The fourth-order valence-electron chi connectivity index (χ4n) is 1.63. The topological polar surface area (TPSA) is 85.2 Å². The van der Waals surface area contributed by atoms with Crippen LogP contribution in [-0.4, -0.2) is 29.3 Å². The van der Waals surface area contributed by atoms with E-state index in [0.717, 1.165) is 11.0 Å². The molecule has 0 aromatic carbocycles. The lowest BCUT2D eigenvalue weighted by molar-refractivity contribution is 0.846. The van der Waals surface area contributed by atoms with Gasteiger partial charge in [0.2, 0.25) is 0 Å². The van der Waals surface area contributed by atoms with Gasteiger partial charge in [0.15, 0.2) is 5.82 Å². The molecule has 0 N–H and O–H groups in total. The summed E-state index contributed by atoms with van der Waals surface area (Å²) in [4.78, 5) is 12.3. The highest BCUT2D eigenvalue weighted by atomic mass is 15.4. The quantitative estimate of drug-likeness (QED) is 0.599. The molecule has 3 aromatic heterocycles. The first-order valence-corrected chi connectivity index (χ1v) is 4.88. The number of hydrogen-bond donors (Lipinski definition) is 0. The molecular formula is C10H7N7. The van der Waals surface area contributed by atoms with Gasteiger partial charge in [0.05, 0.1) is 11.8 Å². The minimum absolute atomic E-state index is 0.111. The molecule has 0 saturated heterocycles. The van der Waals surface area contributed by atoms with Crippen LogP contribution in [0.25, 0.3) is 16.9 Å². The summed E-state index contributed by atoms with van der Waals surface area (Å²) in [5, 5.41) is 12.7. The second-order valence-corrected chi connectivity index (χ2v) is 3.48. The number of nitriles is 1. The summed E-state index contributed by atoms with van der Waals surface area (Å²) in [6, 6.07) is 3.74. The lowest BCUT2D eigenvalue weighted by atomic mass is 10.4. The third-order valence-corrected chi connectivity index (χ3v) is 2.43. The Bertz CT molecular complexity index is 731. The summed E-state index contributed by atoms with van der Waals surface area (Å²) in [6.07, 6.45) is 4.83. The maximum Gasteiger partial charge on any atom is 0.252 e. The van der Waals surface area contributed by atoms with Crippen molar-refractivity contribution >= 4 is 11.0 Å². The predicted molar refractivity (Wildman–Crippen MR) is 58.1 cm³/mol. The Hall–Kier alpha value is -2.75. The number of aromatic nitrogens is 6. The molecule has 0 amide bonds. The van der Waals surface area contributed by atoms with E-state index in [1.165, 1.54) is 11.0 Å². The van der Waals surface area contributed by atoms with Crippen LogP contribution in [0.2, 0.25) is 0 Å². The van der Waals surface area contributed by atoms with Gasteiger partial charge in [-0.1, -0.05) is 0 Å². The smallest absolute Gasteiger partial charge is 0.252 e. The van der Waals surface area contributed by atoms with E-state index in [4.69, 9.17) is 5.26 Å². The maximum absolute atomic E-state index is 8.69. The average molecular weight is 225 g/mol. The van der Waals surface area contributed by atoms with E-state index in [1.807, 2.05) is 23.8 Å². The van der Waals surface area contributed by atoms with E-state index in [2.05, 4.69) is 20.1 Å². The van der Waals surface area contributed by atoms with Crippen LogP contribution < -0.4 is 0 Å². The second kappa shape index (κ2) is 3.38. The van der Waals surface area contributed by atoms with Crippen LogP contribution in [0.15, 0.2) is 24.9 Å². The summed E-state index contributed by atoms with van der Waals surface area (Å²) in [7, 11) is 1.90. The molecule has 0 saturated carbocycles. The SMILES string of the molecule is Cn1cnc2c(-n3cnc(C#N)n3)nccc21. The average Bonchev–Trinajstić information content (AvgIpc) is 2.96. The van der Waals surface area contributed by atoms with E-state index >= 15 is 0 Å². The van der Waals surface area contributed by atoms with Crippen molar-refractivity contribution in [2.45, 2.75) is 0 Å². The Balaban J connectivity index is 2.27. The third-order valence-electron chi connectivity index (χ3n) is 2.43. The van der Waals surface area contributed by atoms with Crippen molar-refractivity contribution in [3.63, 3.8) is 0 Å².